The van der Waals surface area contributed by atoms with Crippen LogP contribution in [-0.2, 0) is 18.8 Å². The molecule has 0 amide bonds. The van der Waals surface area contributed by atoms with Crippen molar-refractivity contribution >= 4 is 5.82 Å². The summed E-state index contributed by atoms with van der Waals surface area (Å²) in [5.74, 6) is 0.378. The fourth-order valence-corrected chi connectivity index (χ4v) is 2.70. The van der Waals surface area contributed by atoms with E-state index in [0.717, 1.165) is 24.0 Å². The average molecular weight is 292 g/mol. The van der Waals surface area contributed by atoms with E-state index in [1.54, 1.807) is 7.05 Å². The van der Waals surface area contributed by atoms with E-state index in [1.165, 1.54) is 11.6 Å². The number of nitriles is 1. The van der Waals surface area contributed by atoms with Crippen molar-refractivity contribution in [2.45, 2.75) is 25.9 Å². The highest BCUT2D eigenvalue weighted by atomic mass is 16.5. The zero-order valence-electron chi connectivity index (χ0n) is 12.6. The molecular weight excluding hydrogens is 272 g/mol. The summed E-state index contributed by atoms with van der Waals surface area (Å²) >= 11 is 0. The fraction of sp³-hybridized carbons (Fsp3) is 0.643. The van der Waals surface area contributed by atoms with Gasteiger partial charge < -0.3 is 9.64 Å². The molecule has 0 unspecified atom stereocenters. The molecule has 0 N–H and O–H groups in total. The van der Waals surface area contributed by atoms with E-state index < -0.39 is 11.2 Å². The fourth-order valence-electron chi connectivity index (χ4n) is 2.70. The molecule has 7 nitrogen and oxygen atoms in total. The number of likely N-dealkylation sites (N-methyl/N-ethyl adjacent to an activating group) is 1. The van der Waals surface area contributed by atoms with E-state index >= 15 is 0 Å². The normalized spacial score (nSPS) is 17.7. The highest BCUT2D eigenvalue weighted by Gasteiger charge is 2.24. The van der Waals surface area contributed by atoms with Gasteiger partial charge in [-0.05, 0) is 19.8 Å². The quantitative estimate of drug-likeness (QED) is 0.778. The molecule has 21 heavy (non-hydrogen) atoms. The van der Waals surface area contributed by atoms with Gasteiger partial charge in [-0.2, -0.15) is 5.26 Å². The molecule has 1 aliphatic heterocycles. The number of nitrogens with zero attached hydrogens (tertiary/aromatic N) is 4. The summed E-state index contributed by atoms with van der Waals surface area (Å²) in [5, 5.41) is 9.31. The van der Waals surface area contributed by atoms with Crippen LogP contribution in [0.3, 0.4) is 0 Å². The topological polar surface area (TPSA) is 80.3 Å². The summed E-state index contributed by atoms with van der Waals surface area (Å²) in [5.41, 5.74) is -0.986. The number of ether oxygens (including phenoxy) is 1. The maximum atomic E-state index is 12.1. The van der Waals surface area contributed by atoms with Crippen molar-refractivity contribution in [3.05, 3.63) is 26.4 Å². The second kappa shape index (κ2) is 6.14. The van der Waals surface area contributed by atoms with Gasteiger partial charge in [-0.15, -0.1) is 0 Å². The van der Waals surface area contributed by atoms with Gasteiger partial charge in [0.2, 0.25) is 0 Å². The SMILES string of the molecule is CCN(C[C@@H]1CCCO1)c1c(C#N)c(=O)n(C)c(=O)n1C. The molecule has 1 fully saturated rings. The molecule has 0 saturated carbocycles. The Morgan fingerprint density at radius 3 is 2.62 bits per heavy atom. The summed E-state index contributed by atoms with van der Waals surface area (Å²) in [6, 6.07) is 1.94. The molecule has 1 aliphatic rings. The first-order chi connectivity index (χ1) is 10.0. The summed E-state index contributed by atoms with van der Waals surface area (Å²) in [6.45, 7) is 3.83. The summed E-state index contributed by atoms with van der Waals surface area (Å²) in [6.07, 6.45) is 2.05. The van der Waals surface area contributed by atoms with Crippen LogP contribution in [0.15, 0.2) is 9.59 Å². The van der Waals surface area contributed by atoms with Crippen LogP contribution in [0.4, 0.5) is 5.82 Å². The predicted molar refractivity (Wildman–Crippen MR) is 78.5 cm³/mol. The zero-order chi connectivity index (χ0) is 15.6. The molecule has 7 heteroatoms. The van der Waals surface area contributed by atoms with E-state index in [1.807, 2.05) is 17.9 Å². The van der Waals surface area contributed by atoms with Gasteiger partial charge in [0.1, 0.15) is 11.9 Å². The first kappa shape index (κ1) is 15.3. The van der Waals surface area contributed by atoms with Crippen molar-refractivity contribution in [1.29, 1.82) is 5.26 Å². The Morgan fingerprint density at radius 2 is 2.10 bits per heavy atom. The highest BCUT2D eigenvalue weighted by molar-refractivity contribution is 5.53. The Morgan fingerprint density at radius 1 is 1.38 bits per heavy atom. The smallest absolute Gasteiger partial charge is 0.332 e. The van der Waals surface area contributed by atoms with Crippen molar-refractivity contribution in [3.8, 4) is 6.07 Å². The molecular formula is C14H20N4O3. The lowest BCUT2D eigenvalue weighted by atomic mass is 10.2. The minimum absolute atomic E-state index is 0.000512. The Hall–Kier alpha value is -2.07. The lowest BCUT2D eigenvalue weighted by Gasteiger charge is -2.28. The van der Waals surface area contributed by atoms with Crippen molar-refractivity contribution in [1.82, 2.24) is 9.13 Å². The van der Waals surface area contributed by atoms with E-state index in [0.29, 0.717) is 18.9 Å². The third-order valence-electron chi connectivity index (χ3n) is 3.87. The molecule has 0 spiro atoms. The van der Waals surface area contributed by atoms with Crippen molar-refractivity contribution in [3.63, 3.8) is 0 Å². The Labute approximate surface area is 123 Å². The van der Waals surface area contributed by atoms with E-state index in [9.17, 15) is 14.9 Å². The van der Waals surface area contributed by atoms with Crippen molar-refractivity contribution in [2.24, 2.45) is 14.1 Å². The molecule has 0 aromatic carbocycles. The van der Waals surface area contributed by atoms with Crippen LogP contribution in [0.5, 0.6) is 0 Å². The molecule has 1 atom stereocenters. The molecule has 114 valence electrons. The molecule has 0 radical (unpaired) electrons. The van der Waals surface area contributed by atoms with E-state index in [2.05, 4.69) is 0 Å². The van der Waals surface area contributed by atoms with Crippen LogP contribution in [-0.4, -0.2) is 34.9 Å². The minimum atomic E-state index is -0.554. The first-order valence-corrected chi connectivity index (χ1v) is 7.07. The lowest BCUT2D eigenvalue weighted by molar-refractivity contribution is 0.115. The van der Waals surface area contributed by atoms with Gasteiger partial charge in [0.05, 0.1) is 6.10 Å². The summed E-state index contributed by atoms with van der Waals surface area (Å²) in [4.78, 5) is 26.1. The number of rotatable bonds is 4. The number of hydrogen-bond acceptors (Lipinski definition) is 5. The van der Waals surface area contributed by atoms with Crippen LogP contribution >= 0.6 is 0 Å². The maximum absolute atomic E-state index is 12.1. The van der Waals surface area contributed by atoms with Gasteiger partial charge in [-0.3, -0.25) is 13.9 Å². The minimum Gasteiger partial charge on any atom is -0.376 e. The Balaban J connectivity index is 2.52. The third-order valence-corrected chi connectivity index (χ3v) is 3.87. The van der Waals surface area contributed by atoms with E-state index in [4.69, 9.17) is 4.74 Å². The molecule has 1 aromatic rings. The van der Waals surface area contributed by atoms with Crippen LogP contribution in [0.25, 0.3) is 0 Å². The standard InChI is InChI=1S/C14H20N4O3/c1-4-18(9-10-6-5-7-21-10)12-11(8-15)13(19)17(3)14(20)16(12)2/h10H,4-7,9H2,1-3H3/t10-/m0/s1. The zero-order valence-corrected chi connectivity index (χ0v) is 12.6. The van der Waals surface area contributed by atoms with Gasteiger partial charge in [0.15, 0.2) is 5.56 Å². The Bertz CT molecular complexity index is 677. The van der Waals surface area contributed by atoms with E-state index in [-0.39, 0.29) is 11.7 Å². The molecule has 2 rings (SSSR count). The van der Waals surface area contributed by atoms with Gasteiger partial charge in [0, 0.05) is 33.8 Å². The predicted octanol–water partition coefficient (Wildman–Crippen LogP) is -0.0390. The van der Waals surface area contributed by atoms with Gasteiger partial charge in [-0.25, -0.2) is 4.79 Å². The van der Waals surface area contributed by atoms with Crippen LogP contribution in [0.2, 0.25) is 0 Å². The van der Waals surface area contributed by atoms with Crippen LogP contribution in [0.1, 0.15) is 25.3 Å². The van der Waals surface area contributed by atoms with Crippen molar-refractivity contribution < 1.29 is 4.74 Å². The second-order valence-corrected chi connectivity index (χ2v) is 5.19. The number of aromatic nitrogens is 2. The number of anilines is 1. The highest BCUT2D eigenvalue weighted by Crippen LogP contribution is 2.19. The molecule has 1 saturated heterocycles. The average Bonchev–Trinajstić information content (AvgIpc) is 2.99. The maximum Gasteiger partial charge on any atom is 0.332 e. The third kappa shape index (κ3) is 2.72. The number of hydrogen-bond donors (Lipinski definition) is 0. The van der Waals surface area contributed by atoms with Crippen LogP contribution < -0.4 is 16.1 Å². The molecule has 1 aromatic heterocycles. The molecule has 0 bridgehead atoms. The summed E-state index contributed by atoms with van der Waals surface area (Å²) < 4.78 is 7.93. The summed E-state index contributed by atoms with van der Waals surface area (Å²) in [7, 11) is 2.96. The molecule has 0 aliphatic carbocycles. The lowest BCUT2D eigenvalue weighted by Crippen LogP contribution is -2.44. The Kier molecular flexibility index (Phi) is 4.48. The second-order valence-electron chi connectivity index (χ2n) is 5.19. The van der Waals surface area contributed by atoms with Gasteiger partial charge in [0.25, 0.3) is 5.56 Å². The first-order valence-electron chi connectivity index (χ1n) is 7.07. The van der Waals surface area contributed by atoms with Crippen molar-refractivity contribution in [2.75, 3.05) is 24.6 Å². The molecule has 2 heterocycles. The van der Waals surface area contributed by atoms with Gasteiger partial charge in [-0.1, -0.05) is 0 Å². The van der Waals surface area contributed by atoms with Gasteiger partial charge >= 0.3 is 5.69 Å². The van der Waals surface area contributed by atoms with Crippen LogP contribution in [0, 0.1) is 11.3 Å². The largest absolute Gasteiger partial charge is 0.376 e. The monoisotopic (exact) mass is 292 g/mol.